The summed E-state index contributed by atoms with van der Waals surface area (Å²) in [5.74, 6) is -1.12. The molecule has 3 N–H and O–H groups in total. The van der Waals surface area contributed by atoms with Crippen LogP contribution >= 0.6 is 15.9 Å². The zero-order valence-corrected chi connectivity index (χ0v) is 15.3. The van der Waals surface area contributed by atoms with E-state index in [1.807, 2.05) is 48.5 Å². The molecule has 26 heavy (non-hydrogen) atoms. The van der Waals surface area contributed by atoms with E-state index in [1.54, 1.807) is 6.20 Å². The molecule has 2 aromatic carbocycles. The number of rotatable bonds is 6. The molecule has 0 aliphatic carbocycles. The summed E-state index contributed by atoms with van der Waals surface area (Å²) in [6.45, 7) is 0.0824. The molecule has 1 amide bonds. The molecule has 0 saturated carbocycles. The monoisotopic (exact) mass is 416 g/mol. The zero-order chi connectivity index (χ0) is 18.5. The molecule has 3 rings (SSSR count). The number of aromatic nitrogens is 1. The Hall–Kier alpha value is -2.80. The van der Waals surface area contributed by atoms with Crippen LogP contribution in [-0.4, -0.2) is 28.2 Å². The van der Waals surface area contributed by atoms with E-state index in [4.69, 9.17) is 4.74 Å². The van der Waals surface area contributed by atoms with Crippen LogP contribution in [0.1, 0.15) is 11.1 Å². The zero-order valence-electron chi connectivity index (χ0n) is 13.7. The van der Waals surface area contributed by atoms with Crippen molar-refractivity contribution in [2.45, 2.75) is 19.1 Å². The minimum Gasteiger partial charge on any atom is -0.480 e. The number of nitrogens with one attached hydrogen (secondary N) is 2. The first-order chi connectivity index (χ1) is 12.5. The van der Waals surface area contributed by atoms with Gasteiger partial charge in [0.15, 0.2) is 0 Å². The fourth-order valence-electron chi connectivity index (χ4n) is 2.65. The molecule has 0 spiro atoms. The number of aliphatic carboxylic acids is 1. The summed E-state index contributed by atoms with van der Waals surface area (Å²) in [4.78, 5) is 26.6. The molecule has 7 heteroatoms. The van der Waals surface area contributed by atoms with E-state index in [-0.39, 0.29) is 13.0 Å². The van der Waals surface area contributed by atoms with Gasteiger partial charge in [-0.1, -0.05) is 46.3 Å². The number of fused-ring (bicyclic) bond motifs is 1. The number of carboxylic acids is 1. The largest absolute Gasteiger partial charge is 0.480 e. The first-order valence-electron chi connectivity index (χ1n) is 7.98. The molecule has 134 valence electrons. The van der Waals surface area contributed by atoms with Crippen molar-refractivity contribution in [3.63, 3.8) is 0 Å². The van der Waals surface area contributed by atoms with Gasteiger partial charge < -0.3 is 20.1 Å². The van der Waals surface area contributed by atoms with Crippen molar-refractivity contribution in [1.29, 1.82) is 0 Å². The molecule has 6 nitrogen and oxygen atoms in total. The normalized spacial score (nSPS) is 11.9. The second-order valence-electron chi connectivity index (χ2n) is 5.80. The fraction of sp³-hybridized carbons (Fsp3) is 0.158. The molecule has 1 unspecified atom stereocenters. The van der Waals surface area contributed by atoms with Gasteiger partial charge in [0.1, 0.15) is 12.6 Å². The quantitative estimate of drug-likeness (QED) is 0.568. The Balaban J connectivity index is 1.66. The smallest absolute Gasteiger partial charge is 0.408 e. The van der Waals surface area contributed by atoms with Crippen molar-refractivity contribution in [2.75, 3.05) is 0 Å². The predicted octanol–water partition coefficient (Wildman–Crippen LogP) is 3.85. The van der Waals surface area contributed by atoms with E-state index in [0.717, 1.165) is 26.5 Å². The van der Waals surface area contributed by atoms with E-state index in [9.17, 15) is 14.7 Å². The Morgan fingerprint density at radius 2 is 1.96 bits per heavy atom. The molecule has 0 radical (unpaired) electrons. The highest BCUT2D eigenvalue weighted by atomic mass is 79.9. The minimum atomic E-state index is -1.12. The maximum absolute atomic E-state index is 12.0. The lowest BCUT2D eigenvalue weighted by Crippen LogP contribution is -2.42. The number of hydrogen-bond acceptors (Lipinski definition) is 3. The second-order valence-corrected chi connectivity index (χ2v) is 6.72. The van der Waals surface area contributed by atoms with Gasteiger partial charge in [0.25, 0.3) is 0 Å². The van der Waals surface area contributed by atoms with Crippen LogP contribution in [0.25, 0.3) is 10.9 Å². The number of aromatic amines is 1. The molecule has 1 aromatic heterocycles. The molecule has 3 aromatic rings. The van der Waals surface area contributed by atoms with Crippen LogP contribution in [-0.2, 0) is 22.6 Å². The number of amides is 1. The van der Waals surface area contributed by atoms with E-state index < -0.39 is 18.1 Å². The number of carbonyl (C=O) groups excluding carboxylic acids is 1. The van der Waals surface area contributed by atoms with Crippen LogP contribution < -0.4 is 5.32 Å². The molecule has 0 aliphatic rings. The third kappa shape index (κ3) is 4.43. The standard InChI is InChI=1S/C19H17BrN2O4/c20-14-6-7-16-15(9-14)13(10-21-16)8-17(18(23)24)22-19(25)26-11-12-4-2-1-3-5-12/h1-7,9-10,17,21H,8,11H2,(H,22,25)(H,23,24). The first-order valence-corrected chi connectivity index (χ1v) is 8.78. The number of halogens is 1. The van der Waals surface area contributed by atoms with Gasteiger partial charge in [0.2, 0.25) is 0 Å². The molecule has 0 aliphatic heterocycles. The van der Waals surface area contributed by atoms with Gasteiger partial charge in [-0.05, 0) is 29.3 Å². The summed E-state index contributed by atoms with van der Waals surface area (Å²) in [6.07, 6.45) is 1.14. The molecular weight excluding hydrogens is 400 g/mol. The third-order valence-electron chi connectivity index (χ3n) is 3.96. The number of benzene rings is 2. The number of H-pyrrole nitrogens is 1. The summed E-state index contributed by atoms with van der Waals surface area (Å²) in [5.41, 5.74) is 2.53. The first kappa shape index (κ1) is 18.0. The average molecular weight is 417 g/mol. The lowest BCUT2D eigenvalue weighted by Gasteiger charge is -2.14. The Bertz CT molecular complexity index is 924. The summed E-state index contributed by atoms with van der Waals surface area (Å²) in [5, 5.41) is 12.8. The van der Waals surface area contributed by atoms with Crippen molar-refractivity contribution in [3.8, 4) is 0 Å². The van der Waals surface area contributed by atoms with Crippen LogP contribution in [0.2, 0.25) is 0 Å². The third-order valence-corrected chi connectivity index (χ3v) is 4.45. The van der Waals surface area contributed by atoms with Crippen molar-refractivity contribution >= 4 is 38.9 Å². The number of hydrogen-bond donors (Lipinski definition) is 3. The SMILES string of the molecule is O=C(NC(Cc1c[nH]c2ccc(Br)cc12)C(=O)O)OCc1ccccc1. The second kappa shape index (κ2) is 8.05. The summed E-state index contributed by atoms with van der Waals surface area (Å²) in [7, 11) is 0. The van der Waals surface area contributed by atoms with Gasteiger partial charge in [0, 0.05) is 28.0 Å². The van der Waals surface area contributed by atoms with Gasteiger partial charge in [0.05, 0.1) is 0 Å². The Kier molecular flexibility index (Phi) is 5.58. The van der Waals surface area contributed by atoms with Crippen LogP contribution in [0.15, 0.2) is 59.2 Å². The van der Waals surface area contributed by atoms with Crippen LogP contribution in [0, 0.1) is 0 Å². The van der Waals surface area contributed by atoms with Crippen molar-refractivity contribution < 1.29 is 19.4 Å². The topological polar surface area (TPSA) is 91.4 Å². The van der Waals surface area contributed by atoms with Crippen molar-refractivity contribution in [2.24, 2.45) is 0 Å². The molecule has 0 bridgehead atoms. The maximum Gasteiger partial charge on any atom is 0.408 e. The number of ether oxygens (including phenoxy) is 1. The lowest BCUT2D eigenvalue weighted by atomic mass is 10.1. The predicted molar refractivity (Wildman–Crippen MR) is 101 cm³/mol. The Morgan fingerprint density at radius 1 is 1.19 bits per heavy atom. The Morgan fingerprint density at radius 3 is 2.69 bits per heavy atom. The van der Waals surface area contributed by atoms with Gasteiger partial charge >= 0.3 is 12.1 Å². The van der Waals surface area contributed by atoms with Gasteiger partial charge in [-0.25, -0.2) is 9.59 Å². The number of carboxylic acid groups (broad SMARTS) is 1. The van der Waals surface area contributed by atoms with Crippen molar-refractivity contribution in [1.82, 2.24) is 10.3 Å². The highest BCUT2D eigenvalue weighted by Crippen LogP contribution is 2.23. The van der Waals surface area contributed by atoms with Gasteiger partial charge in [-0.3, -0.25) is 0 Å². The lowest BCUT2D eigenvalue weighted by molar-refractivity contribution is -0.139. The van der Waals surface area contributed by atoms with Gasteiger partial charge in [-0.15, -0.1) is 0 Å². The maximum atomic E-state index is 12.0. The molecule has 0 saturated heterocycles. The van der Waals surface area contributed by atoms with E-state index in [2.05, 4.69) is 26.2 Å². The molecule has 1 atom stereocenters. The minimum absolute atomic E-state index is 0.0824. The fourth-order valence-corrected chi connectivity index (χ4v) is 3.01. The summed E-state index contributed by atoms with van der Waals surface area (Å²) < 4.78 is 6.00. The van der Waals surface area contributed by atoms with Crippen LogP contribution in [0.5, 0.6) is 0 Å². The Labute approximate surface area is 158 Å². The van der Waals surface area contributed by atoms with E-state index >= 15 is 0 Å². The molecular formula is C19H17BrN2O4. The highest BCUT2D eigenvalue weighted by Gasteiger charge is 2.22. The van der Waals surface area contributed by atoms with Gasteiger partial charge in [-0.2, -0.15) is 0 Å². The summed E-state index contributed by atoms with van der Waals surface area (Å²) >= 11 is 3.41. The molecule has 0 fully saturated rings. The highest BCUT2D eigenvalue weighted by molar-refractivity contribution is 9.10. The van der Waals surface area contributed by atoms with Crippen LogP contribution in [0.4, 0.5) is 4.79 Å². The average Bonchev–Trinajstić information content (AvgIpc) is 3.02. The number of alkyl carbamates (subject to hydrolysis) is 1. The summed E-state index contributed by atoms with van der Waals surface area (Å²) in [6, 6.07) is 13.8. The molecule has 1 heterocycles. The van der Waals surface area contributed by atoms with E-state index in [0.29, 0.717) is 0 Å². The van der Waals surface area contributed by atoms with Crippen LogP contribution in [0.3, 0.4) is 0 Å². The van der Waals surface area contributed by atoms with Crippen molar-refractivity contribution in [3.05, 3.63) is 70.3 Å². The van der Waals surface area contributed by atoms with E-state index in [1.165, 1.54) is 0 Å². The number of carbonyl (C=O) groups is 2.